The van der Waals surface area contributed by atoms with Gasteiger partial charge in [-0.1, -0.05) is 75.5 Å². The number of rotatable bonds is 5. The van der Waals surface area contributed by atoms with Gasteiger partial charge in [0.1, 0.15) is 10.3 Å². The molecule has 0 saturated heterocycles. The number of aryl methyl sites for hydroxylation is 1. The Kier molecular flexibility index (Phi) is 6.20. The van der Waals surface area contributed by atoms with Crippen molar-refractivity contribution in [2.45, 2.75) is 18.8 Å². The lowest BCUT2D eigenvalue weighted by atomic mass is 9.66. The van der Waals surface area contributed by atoms with E-state index in [1.165, 1.54) is 6.21 Å². The number of benzene rings is 2. The molecule has 1 N–H and O–H groups in total. The first kappa shape index (κ1) is 19.9. The highest BCUT2D eigenvalue weighted by atomic mass is 79.9. The van der Waals surface area contributed by atoms with Crippen molar-refractivity contribution in [2.75, 3.05) is 0 Å². The SMILES string of the molecule is Cc1ccccc1C(C/C=N/O)(c1ccc(Br)cc1)c1cc(Cl)nc(Cl)c1. The molecule has 138 valence electrons. The molecule has 2 aromatic carbocycles. The molecule has 0 fully saturated rings. The van der Waals surface area contributed by atoms with Crippen molar-refractivity contribution in [1.29, 1.82) is 0 Å². The van der Waals surface area contributed by atoms with Crippen molar-refractivity contribution >= 4 is 45.3 Å². The Morgan fingerprint density at radius 1 is 1.04 bits per heavy atom. The number of hydrogen-bond donors (Lipinski definition) is 1. The van der Waals surface area contributed by atoms with E-state index in [0.29, 0.717) is 16.7 Å². The molecule has 0 saturated carbocycles. The average molecular weight is 464 g/mol. The van der Waals surface area contributed by atoms with Gasteiger partial charge in [0.25, 0.3) is 0 Å². The molecular weight excluding hydrogens is 447 g/mol. The third-order valence-electron chi connectivity index (χ3n) is 4.68. The maximum Gasteiger partial charge on any atom is 0.131 e. The minimum Gasteiger partial charge on any atom is -0.411 e. The van der Waals surface area contributed by atoms with Crippen LogP contribution in [0, 0.1) is 6.92 Å². The van der Waals surface area contributed by atoms with Crippen molar-refractivity contribution in [3.05, 3.63) is 97.7 Å². The zero-order chi connectivity index (χ0) is 19.4. The predicted octanol–water partition coefficient (Wildman–Crippen LogP) is 6.64. The first-order valence-electron chi connectivity index (χ1n) is 8.29. The highest BCUT2D eigenvalue weighted by molar-refractivity contribution is 9.10. The van der Waals surface area contributed by atoms with Gasteiger partial charge < -0.3 is 5.21 Å². The van der Waals surface area contributed by atoms with Crippen LogP contribution in [0.1, 0.15) is 28.7 Å². The molecular formula is C21H17BrCl2N2O. The molecule has 1 atom stereocenters. The summed E-state index contributed by atoms with van der Waals surface area (Å²) in [4.78, 5) is 4.09. The van der Waals surface area contributed by atoms with E-state index >= 15 is 0 Å². The quantitative estimate of drug-likeness (QED) is 0.199. The van der Waals surface area contributed by atoms with Crippen LogP contribution in [0.15, 0.2) is 70.3 Å². The lowest BCUT2D eigenvalue weighted by Gasteiger charge is -2.36. The molecule has 0 radical (unpaired) electrons. The van der Waals surface area contributed by atoms with Gasteiger partial charge in [-0.2, -0.15) is 0 Å². The van der Waals surface area contributed by atoms with Crippen LogP contribution in [-0.4, -0.2) is 16.4 Å². The maximum atomic E-state index is 9.19. The molecule has 0 amide bonds. The van der Waals surface area contributed by atoms with Gasteiger partial charge in [-0.15, -0.1) is 5.16 Å². The molecule has 1 heterocycles. The normalized spacial score (nSPS) is 13.6. The van der Waals surface area contributed by atoms with Crippen LogP contribution in [0.5, 0.6) is 0 Å². The van der Waals surface area contributed by atoms with E-state index in [0.717, 1.165) is 26.7 Å². The van der Waals surface area contributed by atoms with E-state index in [2.05, 4.69) is 45.1 Å². The molecule has 3 aromatic rings. The monoisotopic (exact) mass is 462 g/mol. The van der Waals surface area contributed by atoms with Crippen LogP contribution in [-0.2, 0) is 5.41 Å². The Morgan fingerprint density at radius 2 is 1.67 bits per heavy atom. The van der Waals surface area contributed by atoms with Gasteiger partial charge in [0.2, 0.25) is 0 Å². The zero-order valence-electron chi connectivity index (χ0n) is 14.5. The molecule has 0 aliphatic carbocycles. The summed E-state index contributed by atoms with van der Waals surface area (Å²) in [6.45, 7) is 2.06. The van der Waals surface area contributed by atoms with Crippen LogP contribution in [0.4, 0.5) is 0 Å². The summed E-state index contributed by atoms with van der Waals surface area (Å²) in [5.41, 5.74) is 3.44. The molecule has 27 heavy (non-hydrogen) atoms. The van der Waals surface area contributed by atoms with E-state index < -0.39 is 5.41 Å². The van der Waals surface area contributed by atoms with E-state index in [4.69, 9.17) is 23.2 Å². The summed E-state index contributed by atoms with van der Waals surface area (Å²) in [6.07, 6.45) is 1.92. The van der Waals surface area contributed by atoms with E-state index in [9.17, 15) is 5.21 Å². The summed E-state index contributed by atoms with van der Waals surface area (Å²) >= 11 is 16.0. The molecule has 3 rings (SSSR count). The first-order valence-corrected chi connectivity index (χ1v) is 9.84. The number of pyridine rings is 1. The van der Waals surface area contributed by atoms with Gasteiger partial charge in [0.05, 0.1) is 5.41 Å². The van der Waals surface area contributed by atoms with Crippen LogP contribution in [0.3, 0.4) is 0 Å². The van der Waals surface area contributed by atoms with Gasteiger partial charge >= 0.3 is 0 Å². The highest BCUT2D eigenvalue weighted by Gasteiger charge is 2.37. The Hall–Kier alpha value is -1.88. The third-order valence-corrected chi connectivity index (χ3v) is 5.59. The largest absolute Gasteiger partial charge is 0.411 e. The third kappa shape index (κ3) is 4.03. The summed E-state index contributed by atoms with van der Waals surface area (Å²) < 4.78 is 0.978. The van der Waals surface area contributed by atoms with Gasteiger partial charge in [-0.05, 0) is 53.4 Å². The molecule has 0 aliphatic heterocycles. The molecule has 1 unspecified atom stereocenters. The number of aromatic nitrogens is 1. The van der Waals surface area contributed by atoms with Crippen molar-refractivity contribution < 1.29 is 5.21 Å². The van der Waals surface area contributed by atoms with Crippen molar-refractivity contribution in [2.24, 2.45) is 5.16 Å². The van der Waals surface area contributed by atoms with Crippen molar-refractivity contribution in [1.82, 2.24) is 4.98 Å². The standard InChI is InChI=1S/C21H17BrCl2N2O/c1-14-4-2-3-5-18(14)21(10-11-25-27,15-6-8-17(22)9-7-15)16-12-19(23)26-20(24)13-16/h2-9,11-13,27H,10H2,1H3/b25-11+. The topological polar surface area (TPSA) is 45.5 Å². The first-order chi connectivity index (χ1) is 13.0. The predicted molar refractivity (Wildman–Crippen MR) is 114 cm³/mol. The van der Waals surface area contributed by atoms with Crippen molar-refractivity contribution in [3.63, 3.8) is 0 Å². The highest BCUT2D eigenvalue weighted by Crippen LogP contribution is 2.44. The second-order valence-corrected chi connectivity index (χ2v) is 7.92. The van der Waals surface area contributed by atoms with Crippen LogP contribution < -0.4 is 0 Å². The average Bonchev–Trinajstić information content (AvgIpc) is 2.64. The lowest BCUT2D eigenvalue weighted by Crippen LogP contribution is -2.31. The Morgan fingerprint density at radius 3 is 2.26 bits per heavy atom. The summed E-state index contributed by atoms with van der Waals surface area (Å²) in [7, 11) is 0. The summed E-state index contributed by atoms with van der Waals surface area (Å²) in [5, 5.41) is 13.1. The smallest absolute Gasteiger partial charge is 0.131 e. The maximum absolute atomic E-state index is 9.19. The van der Waals surface area contributed by atoms with Crippen LogP contribution in [0.2, 0.25) is 10.3 Å². The van der Waals surface area contributed by atoms with Gasteiger partial charge in [0, 0.05) is 17.1 Å². The fourth-order valence-electron chi connectivity index (χ4n) is 3.50. The molecule has 3 nitrogen and oxygen atoms in total. The second kappa shape index (κ2) is 8.42. The summed E-state index contributed by atoms with van der Waals surface area (Å²) in [5.74, 6) is 0. The minimum absolute atomic E-state index is 0.313. The second-order valence-electron chi connectivity index (χ2n) is 6.23. The van der Waals surface area contributed by atoms with Gasteiger partial charge in [0.15, 0.2) is 0 Å². The number of oxime groups is 1. The molecule has 0 spiro atoms. The van der Waals surface area contributed by atoms with Crippen LogP contribution in [0.25, 0.3) is 0 Å². The van der Waals surface area contributed by atoms with E-state index in [1.807, 2.05) is 48.5 Å². The van der Waals surface area contributed by atoms with Crippen LogP contribution >= 0.6 is 39.1 Å². The van der Waals surface area contributed by atoms with Gasteiger partial charge in [-0.3, -0.25) is 0 Å². The fraction of sp³-hybridized carbons (Fsp3) is 0.143. The number of hydrogen-bond acceptors (Lipinski definition) is 3. The molecule has 6 heteroatoms. The van der Waals surface area contributed by atoms with Gasteiger partial charge in [-0.25, -0.2) is 4.98 Å². The summed E-state index contributed by atoms with van der Waals surface area (Å²) in [6, 6.07) is 19.8. The number of nitrogens with zero attached hydrogens (tertiary/aromatic N) is 2. The minimum atomic E-state index is -0.644. The zero-order valence-corrected chi connectivity index (χ0v) is 17.6. The Bertz CT molecular complexity index is 956. The Balaban J connectivity index is 2.41. The fourth-order valence-corrected chi connectivity index (χ4v) is 4.22. The molecule has 0 bridgehead atoms. The Labute approximate surface area is 176 Å². The van der Waals surface area contributed by atoms with E-state index in [-0.39, 0.29) is 0 Å². The van der Waals surface area contributed by atoms with Crippen molar-refractivity contribution in [3.8, 4) is 0 Å². The van der Waals surface area contributed by atoms with E-state index in [1.54, 1.807) is 0 Å². The molecule has 0 aliphatic rings. The lowest BCUT2D eigenvalue weighted by molar-refractivity contribution is 0.319. The number of halogens is 3. The molecule has 1 aromatic heterocycles.